The molecule has 0 aliphatic rings. The van der Waals surface area contributed by atoms with Crippen LogP contribution in [0.1, 0.15) is 13.8 Å². The molecule has 0 saturated heterocycles. The Balaban J connectivity index is 2.54. The minimum Gasteiger partial charge on any atom is -0.236 e. The van der Waals surface area contributed by atoms with Crippen molar-refractivity contribution in [2.75, 3.05) is 6.61 Å². The summed E-state index contributed by atoms with van der Waals surface area (Å²) in [6, 6.07) is 0. The van der Waals surface area contributed by atoms with Crippen molar-refractivity contribution in [3.05, 3.63) is 0 Å². The van der Waals surface area contributed by atoms with Crippen molar-refractivity contribution in [3.8, 4) is 0 Å². The van der Waals surface area contributed by atoms with Crippen LogP contribution in [-0.4, -0.2) is 6.61 Å². The zero-order chi connectivity index (χ0) is 4.28. The van der Waals surface area contributed by atoms with Crippen LogP contribution in [0.25, 0.3) is 0 Å². The topological polar surface area (TPSA) is 19.9 Å². The molecular weight excluding hydrogens is 64.0 g/mol. The van der Waals surface area contributed by atoms with Gasteiger partial charge in [-0.15, -0.1) is 0 Å². The van der Waals surface area contributed by atoms with E-state index in [1.165, 1.54) is 0 Å². The van der Waals surface area contributed by atoms with Gasteiger partial charge in [-0.05, 0) is 5.92 Å². The van der Waals surface area contributed by atoms with Gasteiger partial charge in [-0.1, -0.05) is 13.8 Å². The number of hydrogen-bond acceptors (Lipinski definition) is 0. The lowest BCUT2D eigenvalue weighted by Gasteiger charge is -1.87. The summed E-state index contributed by atoms with van der Waals surface area (Å²) in [6.07, 6.45) is 0. The lowest BCUT2D eigenvalue weighted by Crippen LogP contribution is -1.88. The molecule has 0 unspecified atom stereocenters. The van der Waals surface area contributed by atoms with E-state index in [4.69, 9.17) is 0 Å². The summed E-state index contributed by atoms with van der Waals surface area (Å²) in [5.74, 6) is 0.329. The molecule has 0 aliphatic carbocycles. The Hall–Kier alpha value is -0.0400. The molecule has 0 bridgehead atoms. The van der Waals surface area contributed by atoms with E-state index < -0.39 is 0 Å². The van der Waals surface area contributed by atoms with Crippen molar-refractivity contribution in [1.82, 2.24) is 0 Å². The second-order valence-electron chi connectivity index (χ2n) is 1.56. The standard InChI is InChI=1S/C4H9O/c1-4(2)3-5/h4H,3H2,1-2H3. The van der Waals surface area contributed by atoms with E-state index in [1.807, 2.05) is 13.8 Å². The molecular formula is C4H9O. The van der Waals surface area contributed by atoms with Crippen LogP contribution in [-0.2, 0) is 5.11 Å². The van der Waals surface area contributed by atoms with E-state index in [9.17, 15) is 5.11 Å². The van der Waals surface area contributed by atoms with Gasteiger partial charge in [-0.3, -0.25) is 0 Å². The minimum absolute atomic E-state index is 0.0556. The Kier molecular flexibility index (Phi) is 2.19. The SMILES string of the molecule is CC(C)C[O]. The largest absolute Gasteiger partial charge is 0.236 e. The summed E-state index contributed by atoms with van der Waals surface area (Å²) >= 11 is 0. The van der Waals surface area contributed by atoms with Gasteiger partial charge in [0.05, 0.1) is 6.61 Å². The van der Waals surface area contributed by atoms with Gasteiger partial charge in [0.2, 0.25) is 0 Å². The summed E-state index contributed by atoms with van der Waals surface area (Å²) in [7, 11) is 0. The third-order valence-corrected chi connectivity index (χ3v) is 0.333. The summed E-state index contributed by atoms with van der Waals surface area (Å²) in [5, 5.41) is 9.63. The Labute approximate surface area is 32.6 Å². The first-order valence-corrected chi connectivity index (χ1v) is 1.85. The van der Waals surface area contributed by atoms with E-state index in [0.29, 0.717) is 5.92 Å². The van der Waals surface area contributed by atoms with Crippen molar-refractivity contribution >= 4 is 0 Å². The van der Waals surface area contributed by atoms with E-state index in [-0.39, 0.29) is 6.61 Å². The van der Waals surface area contributed by atoms with Crippen LogP contribution in [0.2, 0.25) is 0 Å². The molecule has 1 nitrogen and oxygen atoms in total. The van der Waals surface area contributed by atoms with Crippen molar-refractivity contribution < 1.29 is 5.11 Å². The summed E-state index contributed by atoms with van der Waals surface area (Å²) in [6.45, 7) is 3.88. The van der Waals surface area contributed by atoms with Gasteiger partial charge in [-0.2, -0.15) is 0 Å². The van der Waals surface area contributed by atoms with Gasteiger partial charge >= 0.3 is 0 Å². The number of rotatable bonds is 1. The number of hydrogen-bond donors (Lipinski definition) is 0. The maximum absolute atomic E-state index is 9.63. The molecule has 1 heteroatoms. The van der Waals surface area contributed by atoms with Crippen molar-refractivity contribution in [1.29, 1.82) is 0 Å². The van der Waals surface area contributed by atoms with Crippen molar-refractivity contribution in [2.24, 2.45) is 5.92 Å². The maximum Gasteiger partial charge on any atom is 0.0845 e. The smallest absolute Gasteiger partial charge is 0.0845 e. The Morgan fingerprint density at radius 2 is 1.80 bits per heavy atom. The van der Waals surface area contributed by atoms with E-state index in [1.54, 1.807) is 0 Å². The molecule has 0 aromatic carbocycles. The van der Waals surface area contributed by atoms with Gasteiger partial charge in [0.15, 0.2) is 0 Å². The molecule has 0 spiro atoms. The van der Waals surface area contributed by atoms with E-state index >= 15 is 0 Å². The molecule has 0 aliphatic heterocycles. The highest BCUT2D eigenvalue weighted by molar-refractivity contribution is 4.32. The molecule has 1 radical (unpaired) electrons. The summed E-state index contributed by atoms with van der Waals surface area (Å²) in [5.41, 5.74) is 0. The van der Waals surface area contributed by atoms with Crippen molar-refractivity contribution in [2.45, 2.75) is 13.8 Å². The van der Waals surface area contributed by atoms with Crippen LogP contribution in [0.15, 0.2) is 0 Å². The fraction of sp³-hybridized carbons (Fsp3) is 1.00. The lowest BCUT2D eigenvalue weighted by atomic mass is 10.2. The molecule has 0 aromatic rings. The molecule has 0 N–H and O–H groups in total. The first-order valence-electron chi connectivity index (χ1n) is 1.85. The van der Waals surface area contributed by atoms with Crippen LogP contribution < -0.4 is 0 Å². The van der Waals surface area contributed by atoms with Gasteiger partial charge in [0, 0.05) is 0 Å². The molecule has 0 aromatic heterocycles. The van der Waals surface area contributed by atoms with Crippen molar-refractivity contribution in [3.63, 3.8) is 0 Å². The van der Waals surface area contributed by atoms with Crippen LogP contribution >= 0.6 is 0 Å². The predicted octanol–water partition coefficient (Wildman–Crippen LogP) is 1.07. The fourth-order valence-corrected chi connectivity index (χ4v) is 0. The maximum atomic E-state index is 9.63. The monoisotopic (exact) mass is 73.1 g/mol. The molecule has 5 heavy (non-hydrogen) atoms. The first-order chi connectivity index (χ1) is 2.27. The zero-order valence-electron chi connectivity index (χ0n) is 3.69. The minimum atomic E-state index is 0.0556. The molecule has 0 saturated carbocycles. The first kappa shape index (κ1) is 4.96. The van der Waals surface area contributed by atoms with Crippen LogP contribution in [0.3, 0.4) is 0 Å². The van der Waals surface area contributed by atoms with E-state index in [2.05, 4.69) is 0 Å². The third kappa shape index (κ3) is 3.96. The van der Waals surface area contributed by atoms with Crippen LogP contribution in [0.4, 0.5) is 0 Å². The Morgan fingerprint density at radius 3 is 1.80 bits per heavy atom. The normalized spacial score (nSPS) is 9.60. The highest BCUT2D eigenvalue weighted by atomic mass is 16.3. The average molecular weight is 73.1 g/mol. The van der Waals surface area contributed by atoms with Crippen LogP contribution in [0.5, 0.6) is 0 Å². The quantitative estimate of drug-likeness (QED) is 0.442. The third-order valence-electron chi connectivity index (χ3n) is 0.333. The highest BCUT2D eigenvalue weighted by Gasteiger charge is 1.83. The average Bonchev–Trinajstić information content (AvgIpc) is 1.38. The van der Waals surface area contributed by atoms with Crippen LogP contribution in [0, 0.1) is 5.92 Å². The summed E-state index contributed by atoms with van der Waals surface area (Å²) in [4.78, 5) is 0. The van der Waals surface area contributed by atoms with Gasteiger partial charge in [-0.25, -0.2) is 5.11 Å². The molecule has 31 valence electrons. The van der Waals surface area contributed by atoms with Gasteiger partial charge in [0.25, 0.3) is 0 Å². The zero-order valence-corrected chi connectivity index (χ0v) is 3.69. The highest BCUT2D eigenvalue weighted by Crippen LogP contribution is 1.84. The second-order valence-corrected chi connectivity index (χ2v) is 1.56. The fourth-order valence-electron chi connectivity index (χ4n) is 0. The Morgan fingerprint density at radius 1 is 1.60 bits per heavy atom. The molecule has 0 fully saturated rings. The van der Waals surface area contributed by atoms with Gasteiger partial charge in [0.1, 0.15) is 0 Å². The summed E-state index contributed by atoms with van der Waals surface area (Å²) < 4.78 is 0. The predicted molar refractivity (Wildman–Crippen MR) is 20.4 cm³/mol. The van der Waals surface area contributed by atoms with E-state index in [0.717, 1.165) is 0 Å². The second kappa shape index (κ2) is 2.21. The lowest BCUT2D eigenvalue weighted by molar-refractivity contribution is 0.158. The molecule has 0 rings (SSSR count). The molecule has 0 heterocycles. The Bertz CT molecular complexity index is 17.6. The van der Waals surface area contributed by atoms with Gasteiger partial charge < -0.3 is 0 Å². The molecule has 0 atom stereocenters. The molecule has 0 amide bonds.